The average molecular weight is 324 g/mol. The molecule has 1 rings (SSSR count). The Hall–Kier alpha value is -0.610. The molecule has 1 aromatic carbocycles. The predicted octanol–water partition coefficient (Wildman–Crippen LogP) is 3.65. The number of hydrogen-bond acceptors (Lipinski definition) is 3. The number of hydrogen-bond donors (Lipinski definition) is 0. The Labute approximate surface area is 115 Å². The van der Waals surface area contributed by atoms with Crippen LogP contribution in [0.2, 0.25) is 0 Å². The van der Waals surface area contributed by atoms with Crippen LogP contribution in [0.1, 0.15) is 12.0 Å². The minimum Gasteiger partial charge on any atom is -0.492 e. The van der Waals surface area contributed by atoms with E-state index >= 15 is 0 Å². The lowest BCUT2D eigenvalue weighted by molar-refractivity contribution is 0.321. The molecule has 0 aliphatic heterocycles. The van der Waals surface area contributed by atoms with Crippen molar-refractivity contribution in [3.8, 4) is 17.2 Å². The van der Waals surface area contributed by atoms with Gasteiger partial charge in [-0.3, -0.25) is 0 Å². The molecule has 0 radical (unpaired) electrons. The van der Waals surface area contributed by atoms with E-state index < -0.39 is 0 Å². The zero-order chi connectivity index (χ0) is 12.8. The maximum atomic E-state index is 5.71. The lowest BCUT2D eigenvalue weighted by atomic mass is 10.1. The highest BCUT2D eigenvalue weighted by Crippen LogP contribution is 2.45. The van der Waals surface area contributed by atoms with Crippen molar-refractivity contribution >= 4 is 27.5 Å². The summed E-state index contributed by atoms with van der Waals surface area (Å²) in [6.45, 7) is 0. The van der Waals surface area contributed by atoms with E-state index in [4.69, 9.17) is 25.8 Å². The first-order chi connectivity index (χ1) is 8.19. The molecule has 3 nitrogen and oxygen atoms in total. The molecule has 0 saturated heterocycles. The summed E-state index contributed by atoms with van der Waals surface area (Å²) < 4.78 is 16.9. The first-order valence-corrected chi connectivity index (χ1v) is 6.55. The molecule has 0 aromatic heterocycles. The molecule has 0 spiro atoms. The largest absolute Gasteiger partial charge is 0.492 e. The third kappa shape index (κ3) is 3.19. The molecule has 0 fully saturated rings. The predicted molar refractivity (Wildman–Crippen MR) is 72.8 cm³/mol. The molecule has 0 aliphatic carbocycles. The maximum Gasteiger partial charge on any atom is 0.204 e. The molecule has 5 heteroatoms. The van der Waals surface area contributed by atoms with E-state index in [0.717, 1.165) is 22.9 Å². The molecular weight excluding hydrogens is 307 g/mol. The fraction of sp³-hybridized carbons (Fsp3) is 0.500. The second kappa shape index (κ2) is 6.97. The molecule has 0 amide bonds. The minimum atomic E-state index is 0.606. The summed E-state index contributed by atoms with van der Waals surface area (Å²) >= 11 is 9.17. The molecule has 96 valence electrons. The van der Waals surface area contributed by atoms with E-state index in [9.17, 15) is 0 Å². The Balaban J connectivity index is 3.26. The average Bonchev–Trinajstić information content (AvgIpc) is 2.35. The third-order valence-corrected chi connectivity index (χ3v) is 3.27. The lowest BCUT2D eigenvalue weighted by Crippen LogP contribution is -2.00. The number of aryl methyl sites for hydroxylation is 1. The summed E-state index contributed by atoms with van der Waals surface area (Å²) in [6, 6.07) is 1.98. The molecule has 0 heterocycles. The number of alkyl halides is 1. The molecule has 0 unspecified atom stereocenters. The number of ether oxygens (including phenoxy) is 3. The van der Waals surface area contributed by atoms with Crippen LogP contribution in [0.5, 0.6) is 17.2 Å². The van der Waals surface area contributed by atoms with Crippen molar-refractivity contribution in [1.82, 2.24) is 0 Å². The van der Waals surface area contributed by atoms with E-state index in [1.807, 2.05) is 6.07 Å². The van der Waals surface area contributed by atoms with Crippen molar-refractivity contribution in [2.45, 2.75) is 12.8 Å². The van der Waals surface area contributed by atoms with Gasteiger partial charge in [0.05, 0.1) is 25.8 Å². The van der Waals surface area contributed by atoms with E-state index in [1.54, 1.807) is 21.3 Å². The van der Waals surface area contributed by atoms with Gasteiger partial charge in [0.15, 0.2) is 11.5 Å². The minimum absolute atomic E-state index is 0.606. The van der Waals surface area contributed by atoms with Crippen molar-refractivity contribution in [3.05, 3.63) is 16.1 Å². The number of methoxy groups -OCH3 is 3. The van der Waals surface area contributed by atoms with Gasteiger partial charge in [0, 0.05) is 5.88 Å². The summed E-state index contributed by atoms with van der Waals surface area (Å²) in [5, 5.41) is 0. The molecular formula is C12H16BrClO3. The standard InChI is InChI=1S/C12H16BrClO3/c1-15-10-8(5-4-6-14)7-9(13)11(16-2)12(10)17-3/h7H,4-6H2,1-3H3. The normalized spacial score (nSPS) is 10.2. The SMILES string of the molecule is COc1c(Br)cc(CCCCl)c(OC)c1OC. The van der Waals surface area contributed by atoms with Crippen LogP contribution in [0, 0.1) is 0 Å². The molecule has 0 N–H and O–H groups in total. The van der Waals surface area contributed by atoms with Gasteiger partial charge < -0.3 is 14.2 Å². The van der Waals surface area contributed by atoms with E-state index in [1.165, 1.54) is 0 Å². The molecule has 0 bridgehead atoms. The van der Waals surface area contributed by atoms with E-state index in [0.29, 0.717) is 23.1 Å². The van der Waals surface area contributed by atoms with Gasteiger partial charge in [0.2, 0.25) is 5.75 Å². The van der Waals surface area contributed by atoms with Crippen molar-refractivity contribution < 1.29 is 14.2 Å². The maximum absolute atomic E-state index is 5.71. The highest BCUT2D eigenvalue weighted by Gasteiger charge is 2.19. The second-order valence-electron chi connectivity index (χ2n) is 3.41. The van der Waals surface area contributed by atoms with Gasteiger partial charge in [0.1, 0.15) is 0 Å². The number of rotatable bonds is 6. The zero-order valence-corrected chi connectivity index (χ0v) is 12.5. The van der Waals surface area contributed by atoms with Crippen LogP contribution < -0.4 is 14.2 Å². The van der Waals surface area contributed by atoms with Crippen molar-refractivity contribution in [2.24, 2.45) is 0 Å². The quantitative estimate of drug-likeness (QED) is 0.748. The van der Waals surface area contributed by atoms with Crippen LogP contribution in [-0.2, 0) is 6.42 Å². The van der Waals surface area contributed by atoms with Crippen LogP contribution in [0.25, 0.3) is 0 Å². The van der Waals surface area contributed by atoms with Gasteiger partial charge in [-0.25, -0.2) is 0 Å². The summed E-state index contributed by atoms with van der Waals surface area (Å²) in [6.07, 6.45) is 1.73. The van der Waals surface area contributed by atoms with Crippen molar-refractivity contribution in [1.29, 1.82) is 0 Å². The fourth-order valence-electron chi connectivity index (χ4n) is 1.68. The van der Waals surface area contributed by atoms with E-state index in [2.05, 4.69) is 15.9 Å². The Morgan fingerprint density at radius 3 is 2.12 bits per heavy atom. The van der Waals surface area contributed by atoms with Gasteiger partial charge >= 0.3 is 0 Å². The summed E-state index contributed by atoms with van der Waals surface area (Å²) in [4.78, 5) is 0. The van der Waals surface area contributed by atoms with Gasteiger partial charge in [-0.05, 0) is 40.4 Å². The summed E-state index contributed by atoms with van der Waals surface area (Å²) in [5.41, 5.74) is 1.05. The van der Waals surface area contributed by atoms with Gasteiger partial charge in [-0.1, -0.05) is 0 Å². The zero-order valence-electron chi connectivity index (χ0n) is 10.2. The molecule has 1 aromatic rings. The molecule has 17 heavy (non-hydrogen) atoms. The number of benzene rings is 1. The van der Waals surface area contributed by atoms with Gasteiger partial charge in [0.25, 0.3) is 0 Å². The monoisotopic (exact) mass is 322 g/mol. The Morgan fingerprint density at radius 1 is 1.06 bits per heavy atom. The van der Waals surface area contributed by atoms with Gasteiger partial charge in [-0.2, -0.15) is 0 Å². The van der Waals surface area contributed by atoms with Gasteiger partial charge in [-0.15, -0.1) is 11.6 Å². The highest BCUT2D eigenvalue weighted by atomic mass is 79.9. The lowest BCUT2D eigenvalue weighted by Gasteiger charge is -2.17. The molecule has 0 atom stereocenters. The van der Waals surface area contributed by atoms with Crippen LogP contribution in [0.4, 0.5) is 0 Å². The Kier molecular flexibility index (Phi) is 5.92. The third-order valence-electron chi connectivity index (χ3n) is 2.41. The first kappa shape index (κ1) is 14.5. The Morgan fingerprint density at radius 2 is 1.65 bits per heavy atom. The van der Waals surface area contributed by atoms with Crippen LogP contribution in [0.3, 0.4) is 0 Å². The first-order valence-electron chi connectivity index (χ1n) is 5.22. The van der Waals surface area contributed by atoms with Crippen molar-refractivity contribution in [3.63, 3.8) is 0 Å². The van der Waals surface area contributed by atoms with Crippen LogP contribution in [0.15, 0.2) is 10.5 Å². The molecule has 0 saturated carbocycles. The van der Waals surface area contributed by atoms with E-state index in [-0.39, 0.29) is 0 Å². The van der Waals surface area contributed by atoms with Crippen molar-refractivity contribution in [2.75, 3.05) is 27.2 Å². The fourth-order valence-corrected chi connectivity index (χ4v) is 2.44. The Bertz CT molecular complexity index is 383. The summed E-state index contributed by atoms with van der Waals surface area (Å²) in [5.74, 6) is 2.57. The highest BCUT2D eigenvalue weighted by molar-refractivity contribution is 9.10. The van der Waals surface area contributed by atoms with Crippen LogP contribution in [-0.4, -0.2) is 27.2 Å². The second-order valence-corrected chi connectivity index (χ2v) is 4.64. The smallest absolute Gasteiger partial charge is 0.204 e. The topological polar surface area (TPSA) is 27.7 Å². The number of halogens is 2. The summed E-state index contributed by atoms with van der Waals surface area (Å²) in [7, 11) is 4.81. The van der Waals surface area contributed by atoms with Crippen LogP contribution >= 0.6 is 27.5 Å². The molecule has 0 aliphatic rings.